The Morgan fingerprint density at radius 1 is 1.43 bits per heavy atom. The molecular weight excluding hydrogens is 296 g/mol. The number of hydrogen-bond acceptors (Lipinski definition) is 4. The fourth-order valence-electron chi connectivity index (χ4n) is 2.32. The van der Waals surface area contributed by atoms with Crippen molar-refractivity contribution in [2.24, 2.45) is 4.99 Å². The van der Waals surface area contributed by atoms with Crippen molar-refractivity contribution in [1.29, 1.82) is 0 Å². The van der Waals surface area contributed by atoms with Gasteiger partial charge < -0.3 is 24.3 Å². The molecule has 1 aromatic rings. The zero-order valence-corrected chi connectivity index (χ0v) is 14.1. The predicted molar refractivity (Wildman–Crippen MR) is 88.1 cm³/mol. The van der Waals surface area contributed by atoms with Crippen LogP contribution < -0.4 is 5.32 Å². The van der Waals surface area contributed by atoms with Crippen LogP contribution in [0.25, 0.3) is 0 Å². The Bertz CT molecular complexity index is 507. The number of rotatable bonds is 6. The second kappa shape index (κ2) is 8.57. The van der Waals surface area contributed by atoms with E-state index in [2.05, 4.69) is 10.3 Å². The van der Waals surface area contributed by atoms with Crippen LogP contribution in [0.15, 0.2) is 27.8 Å². The lowest BCUT2D eigenvalue weighted by Crippen LogP contribution is -2.42. The molecule has 1 unspecified atom stereocenters. The third-order valence-electron chi connectivity index (χ3n) is 3.71. The maximum absolute atomic E-state index is 11.8. The summed E-state index contributed by atoms with van der Waals surface area (Å²) < 4.78 is 11.0. The normalized spacial score (nSPS) is 18.0. The lowest BCUT2D eigenvalue weighted by molar-refractivity contribution is -0.127. The molecule has 0 radical (unpaired) electrons. The Balaban J connectivity index is 1.96. The number of carbonyl (C=O) groups excluding carboxylic acids is 1. The van der Waals surface area contributed by atoms with E-state index in [0.29, 0.717) is 19.0 Å². The van der Waals surface area contributed by atoms with E-state index in [-0.39, 0.29) is 18.6 Å². The third kappa shape index (κ3) is 5.59. The third-order valence-corrected chi connectivity index (χ3v) is 3.71. The van der Waals surface area contributed by atoms with Crippen LogP contribution in [0.3, 0.4) is 0 Å². The number of nitrogens with zero attached hydrogens (tertiary/aromatic N) is 3. The van der Waals surface area contributed by atoms with E-state index >= 15 is 0 Å². The first-order valence-electron chi connectivity index (χ1n) is 7.90. The first-order valence-corrected chi connectivity index (χ1v) is 7.90. The van der Waals surface area contributed by atoms with E-state index in [9.17, 15) is 4.79 Å². The van der Waals surface area contributed by atoms with Crippen LogP contribution in [0.4, 0.5) is 0 Å². The number of ether oxygens (including phenoxy) is 1. The summed E-state index contributed by atoms with van der Waals surface area (Å²) in [4.78, 5) is 19.7. The first kappa shape index (κ1) is 17.3. The molecule has 7 nitrogen and oxygen atoms in total. The molecule has 1 saturated heterocycles. The van der Waals surface area contributed by atoms with Crippen LogP contribution in [-0.4, -0.2) is 68.6 Å². The molecular formula is C16H26N4O3. The maximum Gasteiger partial charge on any atom is 0.243 e. The average molecular weight is 322 g/mol. The number of guanidine groups is 1. The molecule has 128 valence electrons. The minimum atomic E-state index is -0.0344. The minimum absolute atomic E-state index is 0.0344. The fourth-order valence-corrected chi connectivity index (χ4v) is 2.32. The Hall–Kier alpha value is -2.02. The molecule has 1 aliphatic rings. The number of likely N-dealkylation sites (N-methyl/N-ethyl adjacent to an activating group) is 1. The van der Waals surface area contributed by atoms with Gasteiger partial charge in [0.1, 0.15) is 12.3 Å². The number of furan rings is 1. The summed E-state index contributed by atoms with van der Waals surface area (Å²) in [6.07, 6.45) is 4.01. The minimum Gasteiger partial charge on any atom is -0.467 e. The van der Waals surface area contributed by atoms with Gasteiger partial charge >= 0.3 is 0 Å². The van der Waals surface area contributed by atoms with E-state index < -0.39 is 0 Å². The summed E-state index contributed by atoms with van der Waals surface area (Å²) in [5.41, 5.74) is 0. The van der Waals surface area contributed by atoms with Crippen molar-refractivity contribution in [2.45, 2.75) is 25.5 Å². The lowest BCUT2D eigenvalue weighted by atomic mass is 10.2. The molecule has 1 N–H and O–H groups in total. The molecule has 1 fully saturated rings. The van der Waals surface area contributed by atoms with Gasteiger partial charge in [0.25, 0.3) is 0 Å². The van der Waals surface area contributed by atoms with Crippen molar-refractivity contribution in [3.63, 3.8) is 0 Å². The summed E-state index contributed by atoms with van der Waals surface area (Å²) in [6.45, 7) is 2.21. The highest BCUT2D eigenvalue weighted by atomic mass is 16.5. The van der Waals surface area contributed by atoms with Gasteiger partial charge in [0.05, 0.1) is 18.9 Å². The number of hydrogen-bond donors (Lipinski definition) is 1. The number of carbonyl (C=O) groups is 1. The lowest BCUT2D eigenvalue weighted by Gasteiger charge is -2.23. The van der Waals surface area contributed by atoms with Gasteiger partial charge in [-0.1, -0.05) is 0 Å². The molecule has 2 heterocycles. The molecule has 23 heavy (non-hydrogen) atoms. The Morgan fingerprint density at radius 2 is 2.26 bits per heavy atom. The SMILES string of the molecule is CN(C)C(=O)CN=C(NCC1CCCO1)N(C)Cc1ccco1. The van der Waals surface area contributed by atoms with Gasteiger partial charge in [-0.25, -0.2) is 4.99 Å². The topological polar surface area (TPSA) is 70.3 Å². The molecule has 1 aliphatic heterocycles. The van der Waals surface area contributed by atoms with Crippen molar-refractivity contribution in [3.05, 3.63) is 24.2 Å². The molecule has 1 amide bonds. The van der Waals surface area contributed by atoms with E-state index in [4.69, 9.17) is 9.15 Å². The molecule has 0 aromatic carbocycles. The van der Waals surface area contributed by atoms with Gasteiger partial charge in [-0.05, 0) is 25.0 Å². The Labute approximate surface area is 137 Å². The van der Waals surface area contributed by atoms with E-state index in [1.165, 1.54) is 4.90 Å². The highest BCUT2D eigenvalue weighted by Gasteiger charge is 2.17. The van der Waals surface area contributed by atoms with Crippen LogP contribution in [-0.2, 0) is 16.1 Å². The molecule has 0 bridgehead atoms. The largest absolute Gasteiger partial charge is 0.467 e. The zero-order chi connectivity index (χ0) is 16.7. The summed E-state index contributed by atoms with van der Waals surface area (Å²) in [7, 11) is 5.37. The van der Waals surface area contributed by atoms with Gasteiger partial charge in [-0.15, -0.1) is 0 Å². The smallest absolute Gasteiger partial charge is 0.243 e. The first-order chi connectivity index (χ1) is 11.1. The van der Waals surface area contributed by atoms with Gasteiger partial charge in [0, 0.05) is 34.3 Å². The van der Waals surface area contributed by atoms with E-state index in [0.717, 1.165) is 25.2 Å². The van der Waals surface area contributed by atoms with E-state index in [1.807, 2.05) is 24.1 Å². The van der Waals surface area contributed by atoms with Crippen LogP contribution in [0.1, 0.15) is 18.6 Å². The van der Waals surface area contributed by atoms with Crippen LogP contribution in [0, 0.1) is 0 Å². The van der Waals surface area contributed by atoms with Crippen LogP contribution in [0.2, 0.25) is 0 Å². The summed E-state index contributed by atoms with van der Waals surface area (Å²) >= 11 is 0. The quantitative estimate of drug-likeness (QED) is 0.623. The number of aliphatic imine (C=N–C) groups is 1. The van der Waals surface area contributed by atoms with Crippen LogP contribution in [0.5, 0.6) is 0 Å². The maximum atomic E-state index is 11.8. The highest BCUT2D eigenvalue weighted by molar-refractivity contribution is 5.84. The number of amides is 1. The van der Waals surface area contributed by atoms with E-state index in [1.54, 1.807) is 20.4 Å². The summed E-state index contributed by atoms with van der Waals surface area (Å²) in [5.74, 6) is 1.48. The molecule has 0 saturated carbocycles. The van der Waals surface area contributed by atoms with Crippen molar-refractivity contribution >= 4 is 11.9 Å². The summed E-state index contributed by atoms with van der Waals surface area (Å²) in [5, 5.41) is 3.31. The number of nitrogens with one attached hydrogen (secondary N) is 1. The monoisotopic (exact) mass is 322 g/mol. The highest BCUT2D eigenvalue weighted by Crippen LogP contribution is 2.11. The van der Waals surface area contributed by atoms with Gasteiger partial charge in [0.15, 0.2) is 5.96 Å². The van der Waals surface area contributed by atoms with Crippen molar-refractivity contribution in [2.75, 3.05) is 40.8 Å². The molecule has 0 spiro atoms. The molecule has 2 rings (SSSR count). The fraction of sp³-hybridized carbons (Fsp3) is 0.625. The van der Waals surface area contributed by atoms with Crippen molar-refractivity contribution in [3.8, 4) is 0 Å². The molecule has 0 aliphatic carbocycles. The molecule has 1 aromatic heterocycles. The second-order valence-corrected chi connectivity index (χ2v) is 5.88. The standard InChI is InChI=1S/C16H26N4O3/c1-19(2)15(21)11-18-16(17-10-13-6-4-8-22-13)20(3)12-14-7-5-9-23-14/h5,7,9,13H,4,6,8,10-12H2,1-3H3,(H,17,18). The molecule has 7 heteroatoms. The van der Waals surface area contributed by atoms with Gasteiger partial charge in [0.2, 0.25) is 5.91 Å². The Kier molecular flexibility index (Phi) is 6.46. The van der Waals surface area contributed by atoms with Crippen molar-refractivity contribution in [1.82, 2.24) is 15.1 Å². The van der Waals surface area contributed by atoms with Crippen molar-refractivity contribution < 1.29 is 13.9 Å². The Morgan fingerprint density at radius 3 is 2.87 bits per heavy atom. The van der Waals surface area contributed by atoms with Crippen LogP contribution >= 0.6 is 0 Å². The predicted octanol–water partition coefficient (Wildman–Crippen LogP) is 0.924. The molecule has 1 atom stereocenters. The second-order valence-electron chi connectivity index (χ2n) is 5.88. The zero-order valence-electron chi connectivity index (χ0n) is 14.1. The van der Waals surface area contributed by atoms with Gasteiger partial charge in [-0.2, -0.15) is 0 Å². The summed E-state index contributed by atoms with van der Waals surface area (Å²) in [6, 6.07) is 3.77. The van der Waals surface area contributed by atoms with Gasteiger partial charge in [-0.3, -0.25) is 4.79 Å². The average Bonchev–Trinajstić information content (AvgIpc) is 3.20.